The van der Waals surface area contributed by atoms with Crippen molar-refractivity contribution >= 4 is 0 Å². The second kappa shape index (κ2) is 6.46. The first-order valence-corrected chi connectivity index (χ1v) is 6.23. The van der Waals surface area contributed by atoms with Crippen molar-refractivity contribution in [2.45, 2.75) is 45.3 Å². The molecule has 0 aromatic heterocycles. The molecule has 0 saturated carbocycles. The minimum atomic E-state index is -0.165. The van der Waals surface area contributed by atoms with E-state index >= 15 is 0 Å². The molecular formula is C12H26N2O. The summed E-state index contributed by atoms with van der Waals surface area (Å²) in [4.78, 5) is 2.38. The summed E-state index contributed by atoms with van der Waals surface area (Å²) < 4.78 is 0. The Balaban J connectivity index is 2.20. The molecule has 2 N–H and O–H groups in total. The van der Waals surface area contributed by atoms with Crippen LogP contribution in [-0.4, -0.2) is 48.8 Å². The van der Waals surface area contributed by atoms with Gasteiger partial charge in [-0.2, -0.15) is 0 Å². The molecule has 15 heavy (non-hydrogen) atoms. The van der Waals surface area contributed by atoms with Crippen molar-refractivity contribution in [3.8, 4) is 0 Å². The van der Waals surface area contributed by atoms with Gasteiger partial charge in [0.2, 0.25) is 0 Å². The van der Waals surface area contributed by atoms with Crippen LogP contribution >= 0.6 is 0 Å². The SMILES string of the molecule is CCCC(O)CNC1CCN(C)CC1C. The number of aliphatic hydroxyl groups excluding tert-OH is 1. The van der Waals surface area contributed by atoms with Crippen molar-refractivity contribution < 1.29 is 5.11 Å². The van der Waals surface area contributed by atoms with E-state index in [9.17, 15) is 5.11 Å². The third kappa shape index (κ3) is 4.49. The van der Waals surface area contributed by atoms with Gasteiger partial charge in [-0.15, -0.1) is 0 Å². The molecule has 1 fully saturated rings. The number of hydrogen-bond acceptors (Lipinski definition) is 3. The fraction of sp³-hybridized carbons (Fsp3) is 1.00. The fourth-order valence-corrected chi connectivity index (χ4v) is 2.38. The molecule has 1 heterocycles. The van der Waals surface area contributed by atoms with Crippen molar-refractivity contribution in [2.24, 2.45) is 5.92 Å². The predicted molar refractivity (Wildman–Crippen MR) is 64.0 cm³/mol. The van der Waals surface area contributed by atoms with Gasteiger partial charge < -0.3 is 15.3 Å². The molecule has 0 aromatic carbocycles. The molecule has 0 aliphatic carbocycles. The normalized spacial score (nSPS) is 30.4. The zero-order valence-electron chi connectivity index (χ0n) is 10.4. The Morgan fingerprint density at radius 3 is 2.87 bits per heavy atom. The van der Waals surface area contributed by atoms with E-state index in [1.807, 2.05) is 0 Å². The summed E-state index contributed by atoms with van der Waals surface area (Å²) in [5, 5.41) is 13.1. The van der Waals surface area contributed by atoms with Crippen LogP contribution in [0, 0.1) is 5.92 Å². The Morgan fingerprint density at radius 2 is 2.27 bits per heavy atom. The van der Waals surface area contributed by atoms with E-state index in [1.54, 1.807) is 0 Å². The number of hydrogen-bond donors (Lipinski definition) is 2. The van der Waals surface area contributed by atoms with E-state index in [2.05, 4.69) is 31.1 Å². The van der Waals surface area contributed by atoms with Crippen molar-refractivity contribution in [1.29, 1.82) is 0 Å². The number of nitrogens with one attached hydrogen (secondary N) is 1. The van der Waals surface area contributed by atoms with Crippen LogP contribution < -0.4 is 5.32 Å². The monoisotopic (exact) mass is 214 g/mol. The van der Waals surface area contributed by atoms with Gasteiger partial charge in [0, 0.05) is 19.1 Å². The Hall–Kier alpha value is -0.120. The third-order valence-corrected chi connectivity index (χ3v) is 3.35. The summed E-state index contributed by atoms with van der Waals surface area (Å²) in [5.41, 5.74) is 0. The predicted octanol–water partition coefficient (Wildman–Crippen LogP) is 1.08. The first kappa shape index (κ1) is 12.9. The molecule has 3 heteroatoms. The summed E-state index contributed by atoms with van der Waals surface area (Å²) in [6, 6.07) is 0.590. The largest absolute Gasteiger partial charge is 0.392 e. The highest BCUT2D eigenvalue weighted by atomic mass is 16.3. The van der Waals surface area contributed by atoms with Crippen LogP contribution in [0.5, 0.6) is 0 Å². The Bertz CT molecular complexity index is 175. The van der Waals surface area contributed by atoms with Crippen molar-refractivity contribution in [3.05, 3.63) is 0 Å². The van der Waals surface area contributed by atoms with Crippen molar-refractivity contribution in [2.75, 3.05) is 26.7 Å². The molecular weight excluding hydrogens is 188 g/mol. The second-order valence-corrected chi connectivity index (χ2v) is 4.99. The number of rotatable bonds is 5. The summed E-state index contributed by atoms with van der Waals surface area (Å²) in [5.74, 6) is 0.692. The fourth-order valence-electron chi connectivity index (χ4n) is 2.38. The zero-order chi connectivity index (χ0) is 11.3. The molecule has 3 atom stereocenters. The molecule has 1 aliphatic heterocycles. The van der Waals surface area contributed by atoms with Crippen molar-refractivity contribution in [3.63, 3.8) is 0 Å². The minimum Gasteiger partial charge on any atom is -0.392 e. The molecule has 0 radical (unpaired) electrons. The van der Waals surface area contributed by atoms with E-state index in [-0.39, 0.29) is 6.10 Å². The van der Waals surface area contributed by atoms with Crippen LogP contribution in [0.1, 0.15) is 33.1 Å². The zero-order valence-corrected chi connectivity index (χ0v) is 10.4. The van der Waals surface area contributed by atoms with Gasteiger partial charge in [0.15, 0.2) is 0 Å². The van der Waals surface area contributed by atoms with E-state index in [0.29, 0.717) is 12.0 Å². The highest BCUT2D eigenvalue weighted by Gasteiger charge is 2.23. The molecule has 90 valence electrons. The van der Waals surface area contributed by atoms with Crippen LogP contribution in [0.25, 0.3) is 0 Å². The van der Waals surface area contributed by atoms with E-state index in [1.165, 1.54) is 19.5 Å². The number of aliphatic hydroxyl groups is 1. The highest BCUT2D eigenvalue weighted by molar-refractivity contribution is 4.82. The van der Waals surface area contributed by atoms with Gasteiger partial charge in [0.1, 0.15) is 0 Å². The maximum absolute atomic E-state index is 9.65. The summed E-state index contributed by atoms with van der Waals surface area (Å²) in [7, 11) is 2.18. The molecule has 0 spiro atoms. The molecule has 3 nitrogen and oxygen atoms in total. The van der Waals surface area contributed by atoms with E-state index < -0.39 is 0 Å². The highest BCUT2D eigenvalue weighted by Crippen LogP contribution is 2.15. The summed E-state index contributed by atoms with van der Waals surface area (Å²) in [6.07, 6.45) is 3.01. The first-order chi connectivity index (χ1) is 7.13. The van der Waals surface area contributed by atoms with Crippen LogP contribution in [0.3, 0.4) is 0 Å². The van der Waals surface area contributed by atoms with Crippen LogP contribution in [-0.2, 0) is 0 Å². The molecule has 1 saturated heterocycles. The number of piperidine rings is 1. The maximum Gasteiger partial charge on any atom is 0.0664 e. The van der Waals surface area contributed by atoms with Crippen LogP contribution in [0.15, 0.2) is 0 Å². The molecule has 1 rings (SSSR count). The third-order valence-electron chi connectivity index (χ3n) is 3.35. The van der Waals surface area contributed by atoms with Gasteiger partial charge in [-0.3, -0.25) is 0 Å². The molecule has 0 bridgehead atoms. The van der Waals surface area contributed by atoms with Crippen LogP contribution in [0.4, 0.5) is 0 Å². The quantitative estimate of drug-likeness (QED) is 0.719. The Morgan fingerprint density at radius 1 is 1.53 bits per heavy atom. The number of likely N-dealkylation sites (tertiary alicyclic amines) is 1. The lowest BCUT2D eigenvalue weighted by Crippen LogP contribution is -2.48. The van der Waals surface area contributed by atoms with E-state index in [4.69, 9.17) is 0 Å². The van der Waals surface area contributed by atoms with Gasteiger partial charge in [0.25, 0.3) is 0 Å². The lowest BCUT2D eigenvalue weighted by atomic mass is 9.94. The lowest BCUT2D eigenvalue weighted by molar-refractivity contribution is 0.130. The van der Waals surface area contributed by atoms with Crippen molar-refractivity contribution in [1.82, 2.24) is 10.2 Å². The number of nitrogens with zero attached hydrogens (tertiary/aromatic N) is 1. The average molecular weight is 214 g/mol. The first-order valence-electron chi connectivity index (χ1n) is 6.23. The minimum absolute atomic E-state index is 0.165. The van der Waals surface area contributed by atoms with Crippen LogP contribution in [0.2, 0.25) is 0 Å². The molecule has 3 unspecified atom stereocenters. The smallest absolute Gasteiger partial charge is 0.0664 e. The summed E-state index contributed by atoms with van der Waals surface area (Å²) >= 11 is 0. The van der Waals surface area contributed by atoms with Gasteiger partial charge in [-0.25, -0.2) is 0 Å². The molecule has 1 aliphatic rings. The van der Waals surface area contributed by atoms with E-state index in [0.717, 1.165) is 19.4 Å². The molecule has 0 aromatic rings. The second-order valence-electron chi connectivity index (χ2n) is 4.99. The standard InChI is InChI=1S/C12H26N2O/c1-4-5-11(15)8-13-12-6-7-14(3)9-10(12)2/h10-13,15H,4-9H2,1-3H3. The van der Waals surface area contributed by atoms with Gasteiger partial charge in [-0.1, -0.05) is 20.3 Å². The van der Waals surface area contributed by atoms with Gasteiger partial charge >= 0.3 is 0 Å². The average Bonchev–Trinajstić information content (AvgIpc) is 2.17. The lowest BCUT2D eigenvalue weighted by Gasteiger charge is -2.35. The topological polar surface area (TPSA) is 35.5 Å². The van der Waals surface area contributed by atoms with Gasteiger partial charge in [-0.05, 0) is 32.4 Å². The Kier molecular flexibility index (Phi) is 5.58. The van der Waals surface area contributed by atoms with Gasteiger partial charge in [0.05, 0.1) is 6.10 Å². The maximum atomic E-state index is 9.65. The Labute approximate surface area is 93.9 Å². The molecule has 0 amide bonds. The summed E-state index contributed by atoms with van der Waals surface area (Å²) in [6.45, 7) is 7.50.